The average Bonchev–Trinajstić information content (AvgIpc) is 3.15. The topological polar surface area (TPSA) is 80.3 Å². The number of carbonyl (C=O) groups is 2. The molecule has 2 heterocycles. The van der Waals surface area contributed by atoms with Crippen LogP contribution in [-0.2, 0) is 20.9 Å². The molecule has 0 radical (unpaired) electrons. The van der Waals surface area contributed by atoms with E-state index in [4.69, 9.17) is 14.2 Å². The van der Waals surface area contributed by atoms with E-state index in [0.717, 1.165) is 36.7 Å². The van der Waals surface area contributed by atoms with Crippen LogP contribution in [0.15, 0.2) is 18.2 Å². The maximum Gasteiger partial charge on any atom is 0.311 e. The lowest BCUT2D eigenvalue weighted by atomic mass is 10.1. The molecule has 0 bridgehead atoms. The lowest BCUT2D eigenvalue weighted by Gasteiger charge is -2.34. The Morgan fingerprint density at radius 2 is 1.93 bits per heavy atom. The van der Waals surface area contributed by atoms with Gasteiger partial charge in [-0.1, -0.05) is 6.07 Å². The van der Waals surface area contributed by atoms with E-state index in [0.29, 0.717) is 39.3 Å². The number of fused-ring (bicyclic) bond motifs is 1. The van der Waals surface area contributed by atoms with Gasteiger partial charge in [0.05, 0.1) is 0 Å². The summed E-state index contributed by atoms with van der Waals surface area (Å²) < 4.78 is 15.9. The molecule has 2 aliphatic rings. The zero-order valence-electron chi connectivity index (χ0n) is 15.7. The first-order valence-electron chi connectivity index (χ1n) is 9.43. The van der Waals surface area contributed by atoms with Crippen LogP contribution in [0, 0.1) is 0 Å². The van der Waals surface area contributed by atoms with Gasteiger partial charge in [0.1, 0.15) is 0 Å². The Labute approximate surface area is 159 Å². The summed E-state index contributed by atoms with van der Waals surface area (Å²) in [6.45, 7) is 7.24. The van der Waals surface area contributed by atoms with E-state index in [-0.39, 0.29) is 6.79 Å². The third-order valence-electron chi connectivity index (χ3n) is 4.65. The fraction of sp³-hybridized carbons (Fsp3) is 0.579. The summed E-state index contributed by atoms with van der Waals surface area (Å²) in [6.07, 6.45) is 0.705. The van der Waals surface area contributed by atoms with E-state index in [1.54, 1.807) is 4.90 Å². The third-order valence-corrected chi connectivity index (χ3v) is 4.65. The van der Waals surface area contributed by atoms with Crippen molar-refractivity contribution in [2.24, 2.45) is 0 Å². The fourth-order valence-electron chi connectivity index (χ4n) is 3.15. The van der Waals surface area contributed by atoms with Gasteiger partial charge >= 0.3 is 11.8 Å². The van der Waals surface area contributed by atoms with E-state index in [1.807, 2.05) is 25.1 Å². The Hall–Kier alpha value is -2.32. The number of ether oxygens (including phenoxy) is 3. The zero-order chi connectivity index (χ0) is 19.1. The normalized spacial score (nSPS) is 16.4. The average molecular weight is 377 g/mol. The van der Waals surface area contributed by atoms with Crippen molar-refractivity contribution in [3.8, 4) is 11.5 Å². The monoisotopic (exact) mass is 377 g/mol. The summed E-state index contributed by atoms with van der Waals surface area (Å²) in [5.41, 5.74) is 1.14. The Morgan fingerprint density at radius 1 is 1.15 bits per heavy atom. The molecule has 1 fully saturated rings. The molecule has 148 valence electrons. The first-order valence-corrected chi connectivity index (χ1v) is 9.43. The Bertz CT molecular complexity index is 659. The second-order valence-electron chi connectivity index (χ2n) is 6.56. The smallest absolute Gasteiger partial charge is 0.311 e. The van der Waals surface area contributed by atoms with E-state index in [9.17, 15) is 9.59 Å². The Balaban J connectivity index is 1.39. The highest BCUT2D eigenvalue weighted by molar-refractivity contribution is 6.35. The molecule has 0 atom stereocenters. The molecule has 3 rings (SSSR count). The van der Waals surface area contributed by atoms with Crippen molar-refractivity contribution in [2.75, 3.05) is 52.7 Å². The molecule has 0 saturated carbocycles. The molecule has 1 aromatic carbocycles. The number of hydrogen-bond donors (Lipinski definition) is 1. The molecule has 27 heavy (non-hydrogen) atoms. The third kappa shape index (κ3) is 5.33. The summed E-state index contributed by atoms with van der Waals surface area (Å²) in [5, 5.41) is 2.66. The number of nitrogens with one attached hydrogen (secondary N) is 1. The lowest BCUT2D eigenvalue weighted by molar-refractivity contribution is -0.147. The summed E-state index contributed by atoms with van der Waals surface area (Å²) in [4.78, 5) is 28.1. The predicted octanol–water partition coefficient (Wildman–Crippen LogP) is 0.602. The van der Waals surface area contributed by atoms with Crippen molar-refractivity contribution in [1.29, 1.82) is 0 Å². The van der Waals surface area contributed by atoms with Gasteiger partial charge in [-0.05, 0) is 31.0 Å². The Morgan fingerprint density at radius 3 is 2.70 bits per heavy atom. The van der Waals surface area contributed by atoms with Gasteiger partial charge < -0.3 is 24.4 Å². The predicted molar refractivity (Wildman–Crippen MR) is 98.5 cm³/mol. The Kier molecular flexibility index (Phi) is 6.89. The highest BCUT2D eigenvalue weighted by Gasteiger charge is 2.26. The molecule has 1 saturated heterocycles. The maximum atomic E-state index is 12.2. The van der Waals surface area contributed by atoms with Crippen molar-refractivity contribution >= 4 is 11.8 Å². The van der Waals surface area contributed by atoms with E-state index in [1.165, 1.54) is 0 Å². The minimum atomic E-state index is -0.532. The molecule has 1 aromatic rings. The van der Waals surface area contributed by atoms with E-state index >= 15 is 0 Å². The van der Waals surface area contributed by atoms with Crippen LogP contribution in [0.3, 0.4) is 0 Å². The van der Waals surface area contributed by atoms with Crippen LogP contribution in [0.5, 0.6) is 11.5 Å². The summed E-state index contributed by atoms with van der Waals surface area (Å²) >= 11 is 0. The van der Waals surface area contributed by atoms with E-state index < -0.39 is 11.8 Å². The van der Waals surface area contributed by atoms with Crippen LogP contribution >= 0.6 is 0 Å². The highest BCUT2D eigenvalue weighted by Crippen LogP contribution is 2.32. The van der Waals surface area contributed by atoms with Crippen LogP contribution < -0.4 is 14.8 Å². The van der Waals surface area contributed by atoms with E-state index in [2.05, 4.69) is 10.2 Å². The molecule has 2 amide bonds. The molecule has 1 N–H and O–H groups in total. The van der Waals surface area contributed by atoms with Gasteiger partial charge in [0.15, 0.2) is 11.5 Å². The molecular formula is C19H27N3O5. The van der Waals surface area contributed by atoms with Gasteiger partial charge in [0.25, 0.3) is 0 Å². The largest absolute Gasteiger partial charge is 0.454 e. The fourth-order valence-corrected chi connectivity index (χ4v) is 3.15. The van der Waals surface area contributed by atoms with Gasteiger partial charge in [-0.25, -0.2) is 0 Å². The summed E-state index contributed by atoms with van der Waals surface area (Å²) in [7, 11) is 0. The van der Waals surface area contributed by atoms with Crippen LogP contribution in [0.2, 0.25) is 0 Å². The molecule has 0 spiro atoms. The molecule has 0 aromatic heterocycles. The van der Waals surface area contributed by atoms with Gasteiger partial charge in [-0.3, -0.25) is 14.5 Å². The van der Waals surface area contributed by atoms with Crippen molar-refractivity contribution in [3.63, 3.8) is 0 Å². The zero-order valence-corrected chi connectivity index (χ0v) is 15.7. The number of piperazine rings is 1. The quantitative estimate of drug-likeness (QED) is 0.554. The number of benzene rings is 1. The van der Waals surface area contributed by atoms with Crippen LogP contribution in [0.1, 0.15) is 18.9 Å². The molecule has 2 aliphatic heterocycles. The molecule has 8 heteroatoms. The van der Waals surface area contributed by atoms with Crippen molar-refractivity contribution in [1.82, 2.24) is 15.1 Å². The van der Waals surface area contributed by atoms with Gasteiger partial charge in [-0.15, -0.1) is 0 Å². The SMILES string of the molecule is CCOCCCNC(=O)C(=O)N1CCN(Cc2ccc3c(c2)OCO3)CC1. The second kappa shape index (κ2) is 9.57. The van der Waals surface area contributed by atoms with Crippen molar-refractivity contribution < 1.29 is 23.8 Å². The number of nitrogens with zero attached hydrogens (tertiary/aromatic N) is 2. The van der Waals surface area contributed by atoms with Crippen molar-refractivity contribution in [2.45, 2.75) is 19.9 Å². The minimum Gasteiger partial charge on any atom is -0.454 e. The van der Waals surface area contributed by atoms with Crippen LogP contribution in [-0.4, -0.2) is 74.3 Å². The number of carbonyl (C=O) groups excluding carboxylic acids is 2. The van der Waals surface area contributed by atoms with Crippen LogP contribution in [0.25, 0.3) is 0 Å². The summed E-state index contributed by atoms with van der Waals surface area (Å²) in [6, 6.07) is 5.95. The maximum absolute atomic E-state index is 12.2. The number of amides is 2. The number of hydrogen-bond acceptors (Lipinski definition) is 6. The van der Waals surface area contributed by atoms with Gasteiger partial charge in [-0.2, -0.15) is 0 Å². The van der Waals surface area contributed by atoms with Crippen molar-refractivity contribution in [3.05, 3.63) is 23.8 Å². The highest BCUT2D eigenvalue weighted by atomic mass is 16.7. The molecule has 0 unspecified atom stereocenters. The first-order chi connectivity index (χ1) is 13.2. The number of rotatable bonds is 7. The second-order valence-corrected chi connectivity index (χ2v) is 6.56. The standard InChI is InChI=1S/C19H27N3O5/c1-2-25-11-3-6-20-18(23)19(24)22-9-7-21(8-10-22)13-15-4-5-16-17(12-15)27-14-26-16/h4-5,12H,2-3,6-11,13-14H2,1H3,(H,20,23). The summed E-state index contributed by atoms with van der Waals surface area (Å²) in [5.74, 6) is 0.577. The molecule has 8 nitrogen and oxygen atoms in total. The lowest BCUT2D eigenvalue weighted by Crippen LogP contribution is -2.52. The van der Waals surface area contributed by atoms with Crippen LogP contribution in [0.4, 0.5) is 0 Å². The molecular weight excluding hydrogens is 350 g/mol. The van der Waals surface area contributed by atoms with Gasteiger partial charge in [0.2, 0.25) is 6.79 Å². The molecule has 0 aliphatic carbocycles. The van der Waals surface area contributed by atoms with Gasteiger partial charge in [0, 0.05) is 52.5 Å². The first kappa shape index (κ1) is 19.4. The minimum absolute atomic E-state index is 0.271.